The van der Waals surface area contributed by atoms with Crippen LogP contribution in [-0.2, 0) is 4.79 Å². The molecule has 1 saturated heterocycles. The number of benzene rings is 2. The van der Waals surface area contributed by atoms with Crippen LogP contribution < -0.4 is 4.90 Å². The lowest BCUT2D eigenvalue weighted by Crippen LogP contribution is -2.44. The predicted octanol–water partition coefficient (Wildman–Crippen LogP) is 4.04. The fourth-order valence-corrected chi connectivity index (χ4v) is 3.86. The van der Waals surface area contributed by atoms with Gasteiger partial charge in [-0.25, -0.2) is 4.79 Å². The molecule has 4 rings (SSSR count). The first-order valence-corrected chi connectivity index (χ1v) is 9.39. The quantitative estimate of drug-likeness (QED) is 0.668. The number of nitrogens with zero attached hydrogens (tertiary/aromatic N) is 3. The molecule has 7 heteroatoms. The molecule has 0 bridgehead atoms. The number of aromatic nitrogens is 3. The molecule has 138 valence electrons. The van der Waals surface area contributed by atoms with Crippen molar-refractivity contribution in [3.05, 3.63) is 59.4 Å². The summed E-state index contributed by atoms with van der Waals surface area (Å²) in [6.45, 7) is 0.739. The van der Waals surface area contributed by atoms with Crippen molar-refractivity contribution in [1.29, 1.82) is 0 Å². The number of hydrogen-bond donors (Lipinski definition) is 2. The average molecular weight is 380 g/mol. The van der Waals surface area contributed by atoms with Crippen molar-refractivity contribution in [3.63, 3.8) is 0 Å². The lowest BCUT2D eigenvalue weighted by atomic mass is 10.0. The van der Waals surface area contributed by atoms with Crippen molar-refractivity contribution in [1.82, 2.24) is 14.8 Å². The highest BCUT2D eigenvalue weighted by molar-refractivity contribution is 7.71. The lowest BCUT2D eigenvalue weighted by molar-refractivity contribution is -0.139. The minimum Gasteiger partial charge on any atom is -0.480 e. The monoisotopic (exact) mass is 380 g/mol. The van der Waals surface area contributed by atoms with Crippen molar-refractivity contribution < 1.29 is 9.90 Å². The molecule has 1 fully saturated rings. The van der Waals surface area contributed by atoms with Crippen LogP contribution in [0.5, 0.6) is 0 Å². The van der Waals surface area contributed by atoms with Crippen LogP contribution in [0.4, 0.5) is 5.69 Å². The first-order valence-electron chi connectivity index (χ1n) is 8.98. The molecule has 3 aromatic rings. The number of nitrogens with one attached hydrogen (secondary N) is 1. The molecule has 2 heterocycles. The molecule has 2 aromatic carbocycles. The van der Waals surface area contributed by atoms with Gasteiger partial charge in [-0.3, -0.25) is 9.67 Å². The zero-order valence-electron chi connectivity index (χ0n) is 14.7. The SMILES string of the molecule is O=C(O)C1CCCCN1c1cccc(-n2c(-c3ccccc3)n[nH]c2=S)c1. The average Bonchev–Trinajstić information content (AvgIpc) is 3.10. The molecule has 0 radical (unpaired) electrons. The van der Waals surface area contributed by atoms with E-state index < -0.39 is 12.0 Å². The number of rotatable bonds is 4. The lowest BCUT2D eigenvalue weighted by Gasteiger charge is -2.35. The number of aromatic amines is 1. The molecule has 27 heavy (non-hydrogen) atoms. The van der Waals surface area contributed by atoms with Crippen molar-refractivity contribution >= 4 is 23.9 Å². The van der Waals surface area contributed by atoms with Crippen molar-refractivity contribution in [2.24, 2.45) is 0 Å². The van der Waals surface area contributed by atoms with Crippen LogP contribution in [0.3, 0.4) is 0 Å². The van der Waals surface area contributed by atoms with E-state index in [1.807, 2.05) is 64.1 Å². The summed E-state index contributed by atoms with van der Waals surface area (Å²) in [7, 11) is 0. The Labute approximate surface area is 162 Å². The topological polar surface area (TPSA) is 74.2 Å². The molecule has 0 amide bonds. The van der Waals surface area contributed by atoms with Crippen molar-refractivity contribution in [3.8, 4) is 17.1 Å². The summed E-state index contributed by atoms with van der Waals surface area (Å²) in [6.07, 6.45) is 2.60. The Morgan fingerprint density at radius 3 is 2.67 bits per heavy atom. The van der Waals surface area contributed by atoms with E-state index in [9.17, 15) is 9.90 Å². The van der Waals surface area contributed by atoms with Crippen LogP contribution in [-0.4, -0.2) is 38.4 Å². The second kappa shape index (κ2) is 7.36. The number of carboxylic acids is 1. The maximum Gasteiger partial charge on any atom is 0.326 e. The van der Waals surface area contributed by atoms with Gasteiger partial charge in [0.1, 0.15) is 6.04 Å². The number of H-pyrrole nitrogens is 1. The van der Waals surface area contributed by atoms with Gasteiger partial charge in [0.25, 0.3) is 0 Å². The van der Waals surface area contributed by atoms with Crippen molar-refractivity contribution in [2.75, 3.05) is 11.4 Å². The van der Waals surface area contributed by atoms with Crippen LogP contribution in [0.2, 0.25) is 0 Å². The summed E-state index contributed by atoms with van der Waals surface area (Å²) < 4.78 is 2.38. The van der Waals surface area contributed by atoms with Gasteiger partial charge in [-0.2, -0.15) is 5.10 Å². The Hall–Kier alpha value is -2.93. The van der Waals surface area contributed by atoms with Gasteiger partial charge in [0.05, 0.1) is 5.69 Å². The zero-order valence-corrected chi connectivity index (χ0v) is 15.5. The fraction of sp³-hybridized carbons (Fsp3) is 0.250. The van der Waals surface area contributed by atoms with E-state index in [0.717, 1.165) is 42.1 Å². The summed E-state index contributed by atoms with van der Waals surface area (Å²) in [6, 6.07) is 17.2. The molecule has 1 aliphatic heterocycles. The van der Waals surface area contributed by atoms with E-state index in [2.05, 4.69) is 10.2 Å². The van der Waals surface area contributed by atoms with Crippen LogP contribution in [0.1, 0.15) is 19.3 Å². The third-order valence-electron chi connectivity index (χ3n) is 4.91. The van der Waals surface area contributed by atoms with E-state index in [1.54, 1.807) is 0 Å². The number of carboxylic acid groups (broad SMARTS) is 1. The summed E-state index contributed by atoms with van der Waals surface area (Å²) in [5, 5.41) is 16.8. The zero-order chi connectivity index (χ0) is 18.8. The molecular formula is C20H20N4O2S. The van der Waals surface area contributed by atoms with Crippen LogP contribution >= 0.6 is 12.2 Å². The Balaban J connectivity index is 1.77. The van der Waals surface area contributed by atoms with Crippen LogP contribution in [0.25, 0.3) is 17.1 Å². The molecule has 1 aromatic heterocycles. The van der Waals surface area contributed by atoms with E-state index in [-0.39, 0.29) is 0 Å². The highest BCUT2D eigenvalue weighted by Gasteiger charge is 2.28. The van der Waals surface area contributed by atoms with Crippen molar-refractivity contribution in [2.45, 2.75) is 25.3 Å². The van der Waals surface area contributed by atoms with E-state index in [4.69, 9.17) is 12.2 Å². The summed E-state index contributed by atoms with van der Waals surface area (Å²) in [5.41, 5.74) is 2.71. The first kappa shape index (κ1) is 17.5. The third-order valence-corrected chi connectivity index (χ3v) is 5.19. The Kier molecular flexibility index (Phi) is 4.77. The van der Waals surface area contributed by atoms with Gasteiger partial charge in [-0.1, -0.05) is 36.4 Å². The summed E-state index contributed by atoms with van der Waals surface area (Å²) >= 11 is 5.46. The predicted molar refractivity (Wildman–Crippen MR) is 107 cm³/mol. The van der Waals surface area contributed by atoms with Gasteiger partial charge >= 0.3 is 5.97 Å². The minimum atomic E-state index is -0.773. The Morgan fingerprint density at radius 2 is 1.89 bits per heavy atom. The minimum absolute atomic E-state index is 0.486. The van der Waals surface area contributed by atoms with E-state index in [1.165, 1.54) is 0 Å². The highest BCUT2D eigenvalue weighted by atomic mass is 32.1. The first-order chi connectivity index (χ1) is 13.1. The Morgan fingerprint density at radius 1 is 1.11 bits per heavy atom. The van der Waals surface area contributed by atoms with Gasteiger partial charge in [-0.05, 0) is 49.7 Å². The van der Waals surface area contributed by atoms with Gasteiger partial charge in [0.15, 0.2) is 10.6 Å². The second-order valence-electron chi connectivity index (χ2n) is 6.62. The number of anilines is 1. The van der Waals surface area contributed by atoms with Gasteiger partial charge in [-0.15, -0.1) is 0 Å². The smallest absolute Gasteiger partial charge is 0.326 e. The number of carbonyl (C=O) groups is 1. The molecule has 6 nitrogen and oxygen atoms in total. The number of piperidine rings is 1. The molecule has 0 spiro atoms. The van der Waals surface area contributed by atoms with E-state index >= 15 is 0 Å². The third kappa shape index (κ3) is 3.38. The normalized spacial score (nSPS) is 17.0. The molecule has 1 atom stereocenters. The molecular weight excluding hydrogens is 360 g/mol. The molecule has 1 aliphatic rings. The summed E-state index contributed by atoms with van der Waals surface area (Å²) in [5.74, 6) is -0.0452. The molecule has 1 unspecified atom stereocenters. The van der Waals surface area contributed by atoms with Gasteiger partial charge in [0.2, 0.25) is 0 Å². The van der Waals surface area contributed by atoms with Gasteiger partial charge in [0, 0.05) is 17.8 Å². The number of aliphatic carboxylic acids is 1. The van der Waals surface area contributed by atoms with Crippen LogP contribution in [0, 0.1) is 4.77 Å². The molecule has 0 aliphatic carbocycles. The highest BCUT2D eigenvalue weighted by Crippen LogP contribution is 2.28. The second-order valence-corrected chi connectivity index (χ2v) is 7.00. The van der Waals surface area contributed by atoms with Gasteiger partial charge < -0.3 is 10.0 Å². The standard InChI is InChI=1S/C20H20N4O2S/c25-19(26)17-11-4-5-12-23(17)15-9-6-10-16(13-15)24-18(21-22-20(24)27)14-7-2-1-3-8-14/h1-3,6-10,13,17H,4-5,11-12H2,(H,22,27)(H,25,26). The maximum atomic E-state index is 11.7. The summed E-state index contributed by atoms with van der Waals surface area (Å²) in [4.78, 5) is 13.6. The van der Waals surface area contributed by atoms with E-state index in [0.29, 0.717) is 11.2 Å². The molecule has 2 N–H and O–H groups in total. The largest absolute Gasteiger partial charge is 0.480 e. The number of hydrogen-bond acceptors (Lipinski definition) is 4. The maximum absolute atomic E-state index is 11.7. The molecule has 0 saturated carbocycles. The fourth-order valence-electron chi connectivity index (χ4n) is 3.63. The Bertz CT molecular complexity index is 1010. The van der Waals surface area contributed by atoms with Crippen LogP contribution in [0.15, 0.2) is 54.6 Å².